The Morgan fingerprint density at radius 2 is 0.984 bits per heavy atom. The first-order valence-electron chi connectivity index (χ1n) is 21.3. The molecular weight excluding hydrogens is 737 g/mol. The molecule has 10 aromatic carbocycles. The first kappa shape index (κ1) is 35.3. The van der Waals surface area contributed by atoms with Crippen LogP contribution >= 0.6 is 0 Å². The molecule has 1 aliphatic rings. The molecule has 0 aliphatic heterocycles. The number of anilines is 3. The molecule has 0 saturated carbocycles. The maximum absolute atomic E-state index is 2.47. The second-order valence-electron chi connectivity index (χ2n) is 16.9. The highest BCUT2D eigenvalue weighted by molar-refractivity contribution is 6.25. The standard InChI is InChI=1S/C59H42N2/c1-59(2)53-30-10-8-26-49(53)50-34-33-46(38-54(50)59)60(43-22-12-21-42(36-43)39-16-4-3-5-17-39)44-23-15-24-45(37-44)61-55-31-11-9-27-52(55)58-56(61)35-32-41-20-14-29-51(57(41)58)48-28-13-19-40-18-6-7-25-47(40)48/h3-38H,1-2H3. The summed E-state index contributed by atoms with van der Waals surface area (Å²) in [5, 5.41) is 7.55. The maximum atomic E-state index is 2.47. The minimum Gasteiger partial charge on any atom is -0.310 e. The van der Waals surface area contributed by atoms with Crippen molar-refractivity contribution in [3.05, 3.63) is 230 Å². The van der Waals surface area contributed by atoms with E-state index in [0.29, 0.717) is 0 Å². The third kappa shape index (κ3) is 5.49. The van der Waals surface area contributed by atoms with E-state index in [2.05, 4.69) is 242 Å². The average molecular weight is 779 g/mol. The van der Waals surface area contributed by atoms with Crippen molar-refractivity contribution >= 4 is 60.4 Å². The Bertz CT molecular complexity index is 3510. The van der Waals surface area contributed by atoms with Gasteiger partial charge >= 0.3 is 0 Å². The van der Waals surface area contributed by atoms with Crippen molar-refractivity contribution < 1.29 is 0 Å². The van der Waals surface area contributed by atoms with Gasteiger partial charge in [0.2, 0.25) is 0 Å². The molecule has 0 amide bonds. The second-order valence-corrected chi connectivity index (χ2v) is 16.9. The molecule has 0 unspecified atom stereocenters. The van der Waals surface area contributed by atoms with Gasteiger partial charge in [0.05, 0.1) is 11.0 Å². The van der Waals surface area contributed by atoms with Crippen LogP contribution in [0, 0.1) is 0 Å². The third-order valence-electron chi connectivity index (χ3n) is 13.1. The highest BCUT2D eigenvalue weighted by Crippen LogP contribution is 2.51. The number of hydrogen-bond donors (Lipinski definition) is 0. The van der Waals surface area contributed by atoms with Crippen molar-refractivity contribution in [2.75, 3.05) is 4.90 Å². The van der Waals surface area contributed by atoms with Gasteiger partial charge in [-0.25, -0.2) is 0 Å². The normalized spacial score (nSPS) is 12.9. The van der Waals surface area contributed by atoms with Gasteiger partial charge in [-0.3, -0.25) is 0 Å². The van der Waals surface area contributed by atoms with E-state index < -0.39 is 0 Å². The first-order valence-corrected chi connectivity index (χ1v) is 21.3. The zero-order chi connectivity index (χ0) is 40.7. The van der Waals surface area contributed by atoms with Crippen LogP contribution in [0.25, 0.3) is 82.4 Å². The molecule has 2 nitrogen and oxygen atoms in total. The minimum atomic E-state index is -0.127. The molecule has 0 spiro atoms. The number of nitrogens with zero attached hydrogens (tertiary/aromatic N) is 2. The quantitative estimate of drug-likeness (QED) is 0.163. The molecule has 0 saturated heterocycles. The van der Waals surface area contributed by atoms with Gasteiger partial charge in [-0.2, -0.15) is 0 Å². The van der Waals surface area contributed by atoms with Crippen LogP contribution in [0.5, 0.6) is 0 Å². The maximum Gasteiger partial charge on any atom is 0.0547 e. The summed E-state index contributed by atoms with van der Waals surface area (Å²) in [6.45, 7) is 4.72. The highest BCUT2D eigenvalue weighted by Gasteiger charge is 2.35. The molecule has 0 atom stereocenters. The van der Waals surface area contributed by atoms with Crippen molar-refractivity contribution in [2.24, 2.45) is 0 Å². The number of aromatic nitrogens is 1. The van der Waals surface area contributed by atoms with Gasteiger partial charge in [0, 0.05) is 38.9 Å². The lowest BCUT2D eigenvalue weighted by Gasteiger charge is -2.29. The summed E-state index contributed by atoms with van der Waals surface area (Å²) in [4.78, 5) is 2.44. The Hall–Kier alpha value is -7.68. The molecule has 2 heteroatoms. The predicted molar refractivity (Wildman–Crippen MR) is 259 cm³/mol. The van der Waals surface area contributed by atoms with Crippen molar-refractivity contribution in [1.29, 1.82) is 0 Å². The van der Waals surface area contributed by atoms with E-state index >= 15 is 0 Å². The molecule has 1 aliphatic carbocycles. The third-order valence-corrected chi connectivity index (χ3v) is 13.1. The van der Waals surface area contributed by atoms with E-state index in [1.165, 1.54) is 87.9 Å². The molecule has 11 aromatic rings. The Balaban J connectivity index is 1.08. The summed E-state index contributed by atoms with van der Waals surface area (Å²) in [6.07, 6.45) is 0. The Morgan fingerprint density at radius 3 is 1.87 bits per heavy atom. The lowest BCUT2D eigenvalue weighted by Crippen LogP contribution is -2.16. The van der Waals surface area contributed by atoms with E-state index in [1.54, 1.807) is 0 Å². The van der Waals surface area contributed by atoms with E-state index in [1.807, 2.05) is 0 Å². The lowest BCUT2D eigenvalue weighted by molar-refractivity contribution is 0.660. The Kier molecular flexibility index (Phi) is 7.92. The number of fused-ring (bicyclic) bond motifs is 9. The number of hydrogen-bond acceptors (Lipinski definition) is 1. The zero-order valence-electron chi connectivity index (χ0n) is 34.2. The van der Waals surface area contributed by atoms with Crippen LogP contribution in [0.3, 0.4) is 0 Å². The Labute approximate surface area is 356 Å². The molecule has 0 fully saturated rings. The van der Waals surface area contributed by atoms with Gasteiger partial charge in [-0.05, 0) is 121 Å². The predicted octanol–water partition coefficient (Wildman–Crippen LogP) is 16.2. The van der Waals surface area contributed by atoms with Gasteiger partial charge < -0.3 is 9.47 Å². The van der Waals surface area contributed by atoms with Crippen LogP contribution in [0.4, 0.5) is 17.1 Å². The fourth-order valence-corrected chi connectivity index (χ4v) is 10.3. The summed E-state index contributed by atoms with van der Waals surface area (Å²) >= 11 is 0. The summed E-state index contributed by atoms with van der Waals surface area (Å²) in [5.41, 5.74) is 17.0. The van der Waals surface area contributed by atoms with E-state index in [0.717, 1.165) is 22.7 Å². The number of para-hydroxylation sites is 1. The number of benzene rings is 10. The summed E-state index contributed by atoms with van der Waals surface area (Å²) in [7, 11) is 0. The van der Waals surface area contributed by atoms with Crippen LogP contribution in [0.15, 0.2) is 218 Å². The zero-order valence-corrected chi connectivity index (χ0v) is 34.2. The summed E-state index contributed by atoms with van der Waals surface area (Å²) in [5.74, 6) is 0. The monoisotopic (exact) mass is 778 g/mol. The van der Waals surface area contributed by atoms with E-state index in [-0.39, 0.29) is 5.41 Å². The highest BCUT2D eigenvalue weighted by atomic mass is 15.1. The Morgan fingerprint density at radius 1 is 0.361 bits per heavy atom. The first-order chi connectivity index (χ1) is 30.0. The van der Waals surface area contributed by atoms with Crippen molar-refractivity contribution in [3.8, 4) is 39.1 Å². The second kappa shape index (κ2) is 13.7. The van der Waals surface area contributed by atoms with Gasteiger partial charge in [0.25, 0.3) is 0 Å². The fraction of sp³-hybridized carbons (Fsp3) is 0.0508. The van der Waals surface area contributed by atoms with Crippen LogP contribution in [0.1, 0.15) is 25.0 Å². The largest absolute Gasteiger partial charge is 0.310 e. The van der Waals surface area contributed by atoms with E-state index in [9.17, 15) is 0 Å². The van der Waals surface area contributed by atoms with E-state index in [4.69, 9.17) is 0 Å². The molecular formula is C59H42N2. The molecule has 0 radical (unpaired) electrons. The SMILES string of the molecule is CC1(C)c2ccccc2-c2ccc(N(c3cccc(-c4ccccc4)c3)c3cccc(-n4c5ccccc5c5c6c(-c7cccc8ccccc78)cccc6ccc54)c3)cc21. The topological polar surface area (TPSA) is 8.17 Å². The minimum absolute atomic E-state index is 0.127. The van der Waals surface area contributed by atoms with Crippen LogP contribution in [-0.4, -0.2) is 4.57 Å². The van der Waals surface area contributed by atoms with Crippen molar-refractivity contribution in [1.82, 2.24) is 4.57 Å². The van der Waals surface area contributed by atoms with Gasteiger partial charge in [0.1, 0.15) is 0 Å². The summed E-state index contributed by atoms with van der Waals surface area (Å²) in [6, 6.07) is 80.4. The molecule has 0 N–H and O–H groups in total. The van der Waals surface area contributed by atoms with Crippen LogP contribution in [0.2, 0.25) is 0 Å². The smallest absolute Gasteiger partial charge is 0.0547 e. The summed E-state index contributed by atoms with van der Waals surface area (Å²) < 4.78 is 2.47. The molecule has 12 rings (SSSR count). The van der Waals surface area contributed by atoms with Gasteiger partial charge in [-0.15, -0.1) is 0 Å². The van der Waals surface area contributed by atoms with Crippen LogP contribution < -0.4 is 4.90 Å². The fourth-order valence-electron chi connectivity index (χ4n) is 10.3. The molecule has 1 aromatic heterocycles. The van der Waals surface area contributed by atoms with Crippen LogP contribution in [-0.2, 0) is 5.41 Å². The average Bonchev–Trinajstić information content (AvgIpc) is 3.77. The molecule has 0 bridgehead atoms. The molecule has 1 heterocycles. The molecule has 288 valence electrons. The number of rotatable bonds is 6. The lowest BCUT2D eigenvalue weighted by atomic mass is 9.82. The van der Waals surface area contributed by atoms with Gasteiger partial charge in [-0.1, -0.05) is 178 Å². The van der Waals surface area contributed by atoms with Crippen molar-refractivity contribution in [2.45, 2.75) is 19.3 Å². The van der Waals surface area contributed by atoms with Crippen molar-refractivity contribution in [3.63, 3.8) is 0 Å². The molecule has 61 heavy (non-hydrogen) atoms. The van der Waals surface area contributed by atoms with Gasteiger partial charge in [0.15, 0.2) is 0 Å².